The van der Waals surface area contributed by atoms with Crippen molar-refractivity contribution >= 4 is 120 Å². The zero-order valence-electron chi connectivity index (χ0n) is 56.3. The number of nitrogens with zero attached hydrogens (tertiary/aromatic N) is 7. The Labute approximate surface area is 626 Å². The van der Waals surface area contributed by atoms with E-state index in [1.54, 1.807) is 36.9 Å². The summed E-state index contributed by atoms with van der Waals surface area (Å²) in [6, 6.07) is 66.0. The smallest absolute Gasteiger partial charge is 0.472 e. The summed E-state index contributed by atoms with van der Waals surface area (Å²) in [7, 11) is -1.40. The van der Waals surface area contributed by atoms with Gasteiger partial charge >= 0.3 is 7.12 Å². The zero-order valence-corrected chi connectivity index (χ0v) is 61.9. The summed E-state index contributed by atoms with van der Waals surface area (Å²) in [6.45, 7) is 2.03. The first-order valence-corrected chi connectivity index (χ1v) is 39.5. The van der Waals surface area contributed by atoms with Crippen molar-refractivity contribution in [3.63, 3.8) is 0 Å². The molecule has 11 aromatic rings. The largest absolute Gasteiger partial charge is 0.490 e. The number of para-hydroxylation sites is 3. The van der Waals surface area contributed by atoms with Crippen LogP contribution in [0.25, 0.3) is 11.1 Å². The van der Waals surface area contributed by atoms with E-state index in [-0.39, 0.29) is 0 Å². The molecule has 5 aromatic heterocycles. The molecule has 0 saturated carbocycles. The zero-order chi connectivity index (χ0) is 69.0. The number of fused-ring (bicyclic) bond motifs is 12. The Morgan fingerprint density at radius 1 is 0.441 bits per heavy atom. The van der Waals surface area contributed by atoms with E-state index in [2.05, 4.69) is 222 Å². The molecule has 6 saturated heterocycles. The van der Waals surface area contributed by atoms with Gasteiger partial charge in [0, 0.05) is 153 Å². The van der Waals surface area contributed by atoms with Gasteiger partial charge in [0.05, 0.1) is 71.0 Å². The standard InChI is InChI=1S/C29H27N3OS.C24H23BrN2OS.C19H19BrN2S.C5H6BNO2.C5H4O2/c1-2-6-28-26(5-1)32(27-10-7-21(14-29(27)34-28)22-4-3-12-30-17-22)25-15-23-8-9-24(16-25)31(23)18-20-11-13-33-19-20;25-17-5-8-22-24(11-17)29-23-4-2-1-3-21(23)27(22)20-12-18-6-7-19(13-20)26(18)14-16-9-10-28-15-16;20-12-5-8-17-19(9-12)23-18-4-2-1-3-16(18)22(17)15-10-13-6-7-14(11-15)21-13;8-6(9)5-2-1-3-7-4-5;6-3-5-1-2-7-4-5/h1-7,10-14,17,19,23-25H,8-9,15-16,18H2;1-5,8-11,15,18-20H,6-7,12-14H2;1-5,8-9,13-15,21H,6-7,10-11H2;1-4,8-9H;1-4H. The normalized spacial score (nSPS) is 22.9. The quantitative estimate of drug-likeness (QED) is 0.0879. The molecule has 3 N–H and O–H groups in total. The molecular weight excluding hydrogens is 1460 g/mol. The monoisotopic (exact) mass is 1540 g/mol. The van der Waals surface area contributed by atoms with E-state index in [9.17, 15) is 4.79 Å². The van der Waals surface area contributed by atoms with Crippen molar-refractivity contribution in [2.45, 2.75) is 174 Å². The molecular formula is C82H79BBr2N8O6S3. The highest BCUT2D eigenvalue weighted by atomic mass is 79.9. The van der Waals surface area contributed by atoms with Gasteiger partial charge in [-0.25, -0.2) is 0 Å². The van der Waals surface area contributed by atoms with Crippen LogP contribution in [0.15, 0.2) is 284 Å². The summed E-state index contributed by atoms with van der Waals surface area (Å²) in [6.07, 6.45) is 33.1. The molecule has 0 radical (unpaired) electrons. The van der Waals surface area contributed by atoms with Crippen molar-refractivity contribution in [1.82, 2.24) is 25.1 Å². The fourth-order valence-corrected chi connectivity index (χ4v) is 21.3. The van der Waals surface area contributed by atoms with Crippen molar-refractivity contribution in [2.24, 2.45) is 0 Å². The summed E-state index contributed by atoms with van der Waals surface area (Å²) in [4.78, 5) is 39.4. The van der Waals surface area contributed by atoms with Crippen LogP contribution in [0.4, 0.5) is 34.1 Å². The number of benzene rings is 6. The molecule has 518 valence electrons. The van der Waals surface area contributed by atoms with Gasteiger partial charge in [0.25, 0.3) is 0 Å². The SMILES string of the molecule is Brc1ccc2c(c1)Sc1ccccc1N2C1CC2CCC(C1)N2.Brc1ccc2c(c1)Sc1ccccc1N2C1CC2CCC(C1)N2Cc1ccoc1.O=Cc1ccoc1.OB(O)c1cccnc1.c1cncc(-c2ccc3c(c2)Sc2ccccc2N3C2CC3CCC(C2)N3Cc2ccoc2)c1. The first kappa shape index (κ1) is 68.8. The number of pyridine rings is 2. The number of halogens is 2. The third-order valence-electron chi connectivity index (χ3n) is 21.4. The van der Waals surface area contributed by atoms with E-state index in [0.717, 1.165) is 28.3 Å². The van der Waals surface area contributed by atoms with E-state index >= 15 is 0 Å². The van der Waals surface area contributed by atoms with Gasteiger partial charge in [-0.15, -0.1) is 0 Å². The van der Waals surface area contributed by atoms with Crippen molar-refractivity contribution in [3.05, 3.63) is 258 Å². The summed E-state index contributed by atoms with van der Waals surface area (Å²) in [5.41, 5.74) is 14.2. The van der Waals surface area contributed by atoms with E-state index in [4.69, 9.17) is 18.9 Å². The maximum absolute atomic E-state index is 9.81. The van der Waals surface area contributed by atoms with Gasteiger partial charge < -0.3 is 43.3 Å². The first-order valence-electron chi connectivity index (χ1n) is 35.5. The maximum atomic E-state index is 9.81. The number of rotatable bonds is 10. The van der Waals surface area contributed by atoms with Crippen LogP contribution in [0.2, 0.25) is 0 Å². The van der Waals surface area contributed by atoms with Crippen LogP contribution < -0.4 is 25.5 Å². The third-order valence-corrected chi connectivity index (χ3v) is 25.7. The minimum Gasteiger partial charge on any atom is -0.472 e. The Morgan fingerprint density at radius 2 is 0.873 bits per heavy atom. The van der Waals surface area contributed by atoms with Crippen LogP contribution >= 0.6 is 67.1 Å². The highest BCUT2D eigenvalue weighted by Crippen LogP contribution is 2.56. The van der Waals surface area contributed by atoms with Crippen molar-refractivity contribution in [2.75, 3.05) is 14.7 Å². The number of aromatic nitrogens is 2. The molecule has 6 unspecified atom stereocenters. The second-order valence-electron chi connectivity index (χ2n) is 27.7. The molecule has 0 spiro atoms. The molecule has 6 atom stereocenters. The molecule has 9 aliphatic heterocycles. The minimum atomic E-state index is -1.40. The van der Waals surface area contributed by atoms with Crippen LogP contribution in [-0.4, -0.2) is 97.6 Å². The topological polar surface area (TPSA) is 151 Å². The van der Waals surface area contributed by atoms with Gasteiger partial charge in [0.15, 0.2) is 6.29 Å². The van der Waals surface area contributed by atoms with Crippen LogP contribution in [0.5, 0.6) is 0 Å². The summed E-state index contributed by atoms with van der Waals surface area (Å²) >= 11 is 13.0. The molecule has 6 aromatic carbocycles. The Morgan fingerprint density at radius 3 is 1.27 bits per heavy atom. The lowest BCUT2D eigenvalue weighted by Crippen LogP contribution is -2.49. The lowest BCUT2D eigenvalue weighted by Gasteiger charge is -2.46. The summed E-state index contributed by atoms with van der Waals surface area (Å²) in [5.74, 6) is 0. The average molecular weight is 1540 g/mol. The molecule has 14 heterocycles. The Balaban J connectivity index is 0.000000108. The number of anilines is 6. The average Bonchev–Trinajstić information content (AvgIpc) is 1.25. The number of aldehydes is 1. The molecule has 0 aliphatic carbocycles. The third kappa shape index (κ3) is 15.1. The number of piperidine rings is 3. The van der Waals surface area contributed by atoms with E-state index < -0.39 is 7.12 Å². The number of nitrogens with one attached hydrogen (secondary N) is 1. The first-order chi connectivity index (χ1) is 50.1. The van der Waals surface area contributed by atoms with Crippen molar-refractivity contribution < 1.29 is 28.1 Å². The van der Waals surface area contributed by atoms with Crippen LogP contribution in [0, 0.1) is 0 Å². The Kier molecular flexibility index (Phi) is 21.2. The molecule has 102 heavy (non-hydrogen) atoms. The number of furan rings is 3. The molecule has 6 bridgehead atoms. The highest BCUT2D eigenvalue weighted by molar-refractivity contribution is 9.10. The fourth-order valence-electron chi connectivity index (χ4n) is 16.9. The fraction of sp³-hybridized carbons (Fsp3) is 0.280. The van der Waals surface area contributed by atoms with Crippen LogP contribution in [0.3, 0.4) is 0 Å². The maximum Gasteiger partial charge on any atom is 0.490 e. The minimum absolute atomic E-state index is 0.414. The lowest BCUT2D eigenvalue weighted by molar-refractivity contribution is 0.112. The molecule has 6 fully saturated rings. The summed E-state index contributed by atoms with van der Waals surface area (Å²) in [5, 5.41) is 20.9. The molecule has 14 nitrogen and oxygen atoms in total. The van der Waals surface area contributed by atoms with E-state index in [0.29, 0.717) is 65.4 Å². The Bertz CT molecular complexity index is 4600. The van der Waals surface area contributed by atoms with Crippen molar-refractivity contribution in [3.8, 4) is 11.1 Å². The number of carbonyl (C=O) groups is 1. The number of hydrogen-bond acceptors (Lipinski definition) is 17. The van der Waals surface area contributed by atoms with Gasteiger partial charge in [-0.1, -0.05) is 122 Å². The van der Waals surface area contributed by atoms with Crippen LogP contribution in [0.1, 0.15) is 98.5 Å². The number of hydrogen-bond donors (Lipinski definition) is 3. The molecule has 0 amide bonds. The highest BCUT2D eigenvalue weighted by Gasteiger charge is 2.46. The second-order valence-corrected chi connectivity index (χ2v) is 32.8. The predicted octanol–water partition coefficient (Wildman–Crippen LogP) is 19.2. The molecule has 9 aliphatic rings. The van der Waals surface area contributed by atoms with Gasteiger partial charge in [-0.2, -0.15) is 0 Å². The van der Waals surface area contributed by atoms with Gasteiger partial charge in [0.1, 0.15) is 6.26 Å². The van der Waals surface area contributed by atoms with E-state index in [1.165, 1.54) is 182 Å². The van der Waals surface area contributed by atoms with Gasteiger partial charge in [0.2, 0.25) is 0 Å². The summed E-state index contributed by atoms with van der Waals surface area (Å²) < 4.78 is 17.5. The lowest BCUT2D eigenvalue weighted by atomic mass is 9.82. The molecule has 20 heteroatoms. The van der Waals surface area contributed by atoms with Gasteiger partial charge in [-0.05, 0) is 198 Å². The second kappa shape index (κ2) is 31.4. The molecule has 20 rings (SSSR count). The Hall–Kier alpha value is -7.60. The van der Waals surface area contributed by atoms with Crippen LogP contribution in [-0.2, 0) is 13.1 Å². The van der Waals surface area contributed by atoms with Crippen molar-refractivity contribution in [1.29, 1.82) is 0 Å². The van der Waals surface area contributed by atoms with Gasteiger partial charge in [-0.3, -0.25) is 24.6 Å². The number of carbonyl (C=O) groups excluding carboxylic acids is 1. The predicted molar refractivity (Wildman–Crippen MR) is 415 cm³/mol. The van der Waals surface area contributed by atoms with E-state index in [1.807, 2.05) is 66.3 Å².